The van der Waals surface area contributed by atoms with Gasteiger partial charge in [-0.25, -0.2) is 0 Å². The molecule has 0 fully saturated rings. The molecule has 0 aliphatic heterocycles. The summed E-state index contributed by atoms with van der Waals surface area (Å²) in [5.41, 5.74) is 0.272. The first-order valence-electron chi connectivity index (χ1n) is 6.99. The molecule has 1 N–H and O–H groups in total. The van der Waals surface area contributed by atoms with Gasteiger partial charge in [0.15, 0.2) is 0 Å². The van der Waals surface area contributed by atoms with E-state index >= 15 is 0 Å². The third kappa shape index (κ3) is 5.56. The number of methoxy groups -OCH3 is 1. The second-order valence-electron chi connectivity index (χ2n) is 5.95. The van der Waals surface area contributed by atoms with Crippen LogP contribution in [0.4, 0.5) is 0 Å². The van der Waals surface area contributed by atoms with Gasteiger partial charge in [0.25, 0.3) is 0 Å². The van der Waals surface area contributed by atoms with Gasteiger partial charge < -0.3 is 14.8 Å². The zero-order valence-electron chi connectivity index (χ0n) is 13.3. The molecule has 0 heterocycles. The maximum Gasteiger partial charge on any atom is 0.314 e. The first kappa shape index (κ1) is 17.8. The van der Waals surface area contributed by atoms with Crippen LogP contribution in [0.1, 0.15) is 33.3 Å². The van der Waals surface area contributed by atoms with E-state index in [-0.39, 0.29) is 12.6 Å². The molecule has 1 aromatic rings. The average Bonchev–Trinajstić information content (AvgIpc) is 2.42. The number of ether oxygens (including phenoxy) is 2. The molecule has 0 aliphatic carbocycles. The predicted molar refractivity (Wildman–Crippen MR) is 84.7 cm³/mol. The van der Waals surface area contributed by atoms with Crippen LogP contribution in [0, 0.1) is 5.41 Å². The molecule has 0 saturated carbocycles. The van der Waals surface area contributed by atoms with Gasteiger partial charge >= 0.3 is 5.97 Å². The van der Waals surface area contributed by atoms with Crippen LogP contribution in [-0.4, -0.2) is 25.7 Å². The van der Waals surface area contributed by atoms with E-state index in [0.717, 1.165) is 11.3 Å². The quantitative estimate of drug-likeness (QED) is 0.784. The highest BCUT2D eigenvalue weighted by Crippen LogP contribution is 2.26. The predicted octanol–water partition coefficient (Wildman–Crippen LogP) is 3.42. The topological polar surface area (TPSA) is 47.6 Å². The highest BCUT2D eigenvalue weighted by atomic mass is 35.5. The van der Waals surface area contributed by atoms with Crippen LogP contribution in [0.3, 0.4) is 0 Å². The van der Waals surface area contributed by atoms with E-state index in [0.29, 0.717) is 17.6 Å². The third-order valence-corrected chi connectivity index (χ3v) is 3.28. The summed E-state index contributed by atoms with van der Waals surface area (Å²) in [6, 6.07) is 5.84. The molecule has 0 atom stereocenters. The lowest BCUT2D eigenvalue weighted by Crippen LogP contribution is -2.32. The summed E-state index contributed by atoms with van der Waals surface area (Å²) in [5, 5.41) is 3.99. The lowest BCUT2D eigenvalue weighted by molar-refractivity contribution is -0.152. The number of esters is 1. The number of carbonyl (C=O) groups excluding carboxylic acids is 1. The van der Waals surface area contributed by atoms with E-state index in [4.69, 9.17) is 21.1 Å². The van der Waals surface area contributed by atoms with Crippen molar-refractivity contribution in [3.05, 3.63) is 28.8 Å². The van der Waals surface area contributed by atoms with Gasteiger partial charge in [-0.3, -0.25) is 4.79 Å². The molecule has 0 bridgehead atoms. The highest BCUT2D eigenvalue weighted by molar-refractivity contribution is 6.30. The Bertz CT molecular complexity index is 486. The molecule has 0 spiro atoms. The molecular weight excluding hydrogens is 290 g/mol. The van der Waals surface area contributed by atoms with Gasteiger partial charge in [-0.1, -0.05) is 25.4 Å². The maximum absolute atomic E-state index is 11.7. The number of benzene rings is 1. The van der Waals surface area contributed by atoms with Crippen LogP contribution >= 0.6 is 11.6 Å². The molecular formula is C16H24ClNO3. The van der Waals surface area contributed by atoms with Crippen molar-refractivity contribution >= 4 is 17.6 Å². The smallest absolute Gasteiger partial charge is 0.314 e. The Morgan fingerprint density at radius 2 is 2.05 bits per heavy atom. The summed E-state index contributed by atoms with van der Waals surface area (Å²) in [4.78, 5) is 11.7. The first-order chi connectivity index (χ1) is 9.76. The van der Waals surface area contributed by atoms with Crippen LogP contribution in [0.25, 0.3) is 0 Å². The monoisotopic (exact) mass is 313 g/mol. The fraction of sp³-hybridized carbons (Fsp3) is 0.562. The van der Waals surface area contributed by atoms with Crippen LogP contribution in [0.15, 0.2) is 18.2 Å². The van der Waals surface area contributed by atoms with Gasteiger partial charge in [-0.05, 0) is 32.0 Å². The van der Waals surface area contributed by atoms with Crippen LogP contribution in [-0.2, 0) is 16.1 Å². The van der Waals surface area contributed by atoms with Gasteiger partial charge in [0.1, 0.15) is 12.4 Å². The molecule has 0 amide bonds. The minimum absolute atomic E-state index is 0.246. The molecule has 4 nitrogen and oxygen atoms in total. The molecule has 21 heavy (non-hydrogen) atoms. The molecule has 118 valence electrons. The highest BCUT2D eigenvalue weighted by Gasteiger charge is 2.30. The standard InChI is InChI=1S/C16H24ClNO3/c1-11(2)18-9-12-8-13(17)6-7-14(12)21-10-16(3,4)15(19)20-5/h6-8,11,18H,9-10H2,1-5H3. The fourth-order valence-electron chi connectivity index (χ4n) is 1.73. The lowest BCUT2D eigenvalue weighted by atomic mass is 9.95. The molecule has 0 aromatic heterocycles. The van der Waals surface area contributed by atoms with E-state index in [2.05, 4.69) is 19.2 Å². The van der Waals surface area contributed by atoms with Gasteiger partial charge in [-0.2, -0.15) is 0 Å². The summed E-state index contributed by atoms with van der Waals surface area (Å²) in [6.45, 7) is 8.64. The number of halogens is 1. The first-order valence-corrected chi connectivity index (χ1v) is 7.37. The molecule has 0 saturated heterocycles. The Morgan fingerprint density at radius 1 is 1.38 bits per heavy atom. The largest absolute Gasteiger partial charge is 0.492 e. The Kier molecular flexibility index (Phi) is 6.49. The Morgan fingerprint density at radius 3 is 2.62 bits per heavy atom. The van der Waals surface area contributed by atoms with Crippen molar-refractivity contribution in [3.63, 3.8) is 0 Å². The summed E-state index contributed by atoms with van der Waals surface area (Å²) in [5.74, 6) is 0.433. The second kappa shape index (κ2) is 7.66. The number of carbonyl (C=O) groups is 1. The van der Waals surface area contributed by atoms with E-state index in [1.54, 1.807) is 19.9 Å². The minimum Gasteiger partial charge on any atom is -0.492 e. The molecule has 5 heteroatoms. The molecule has 0 unspecified atom stereocenters. The SMILES string of the molecule is COC(=O)C(C)(C)COc1ccc(Cl)cc1CNC(C)C. The second-order valence-corrected chi connectivity index (χ2v) is 6.39. The maximum atomic E-state index is 11.7. The van der Waals surface area contributed by atoms with Gasteiger partial charge in [0, 0.05) is 23.2 Å². The summed E-state index contributed by atoms with van der Waals surface area (Å²) in [7, 11) is 1.38. The number of rotatable bonds is 7. The van der Waals surface area contributed by atoms with Crippen molar-refractivity contribution in [3.8, 4) is 5.75 Å². The Balaban J connectivity index is 2.80. The summed E-state index contributed by atoms with van der Waals surface area (Å²) >= 11 is 6.04. The molecule has 1 aromatic carbocycles. The van der Waals surface area contributed by atoms with Crippen LogP contribution in [0.5, 0.6) is 5.75 Å². The van der Waals surface area contributed by atoms with Gasteiger partial charge in [-0.15, -0.1) is 0 Å². The van der Waals surface area contributed by atoms with E-state index in [9.17, 15) is 4.79 Å². The lowest BCUT2D eigenvalue weighted by Gasteiger charge is -2.23. The van der Waals surface area contributed by atoms with Gasteiger partial charge in [0.2, 0.25) is 0 Å². The Labute approximate surface area is 131 Å². The third-order valence-electron chi connectivity index (χ3n) is 3.05. The number of hydrogen-bond acceptors (Lipinski definition) is 4. The van der Waals surface area contributed by atoms with Crippen molar-refractivity contribution in [1.29, 1.82) is 0 Å². The molecule has 0 radical (unpaired) electrons. The number of nitrogens with one attached hydrogen (secondary N) is 1. The van der Waals surface area contributed by atoms with E-state index < -0.39 is 5.41 Å². The van der Waals surface area contributed by atoms with Crippen molar-refractivity contribution in [2.24, 2.45) is 5.41 Å². The average molecular weight is 314 g/mol. The zero-order valence-corrected chi connectivity index (χ0v) is 14.1. The van der Waals surface area contributed by atoms with Crippen LogP contribution in [0.2, 0.25) is 5.02 Å². The van der Waals surface area contributed by atoms with Crippen molar-refractivity contribution in [2.45, 2.75) is 40.3 Å². The van der Waals surface area contributed by atoms with Crippen LogP contribution < -0.4 is 10.1 Å². The summed E-state index contributed by atoms with van der Waals surface area (Å²) in [6.07, 6.45) is 0. The zero-order chi connectivity index (χ0) is 16.0. The van der Waals surface area contributed by atoms with E-state index in [1.165, 1.54) is 7.11 Å². The molecule has 1 rings (SSSR count). The van der Waals surface area contributed by atoms with E-state index in [1.807, 2.05) is 12.1 Å². The van der Waals surface area contributed by atoms with Crippen molar-refractivity contribution < 1.29 is 14.3 Å². The molecule has 0 aliphatic rings. The minimum atomic E-state index is -0.697. The number of hydrogen-bond donors (Lipinski definition) is 1. The fourth-order valence-corrected chi connectivity index (χ4v) is 1.93. The van der Waals surface area contributed by atoms with Crippen molar-refractivity contribution in [2.75, 3.05) is 13.7 Å². The summed E-state index contributed by atoms with van der Waals surface area (Å²) < 4.78 is 10.6. The Hall–Kier alpha value is -1.26. The van der Waals surface area contributed by atoms with Gasteiger partial charge in [0.05, 0.1) is 12.5 Å². The normalized spacial score (nSPS) is 11.6. The van der Waals surface area contributed by atoms with Crippen molar-refractivity contribution in [1.82, 2.24) is 5.32 Å².